The van der Waals surface area contributed by atoms with Crippen LogP contribution in [0, 0.1) is 29.8 Å². The number of hydroxylamine groups is 1. The van der Waals surface area contributed by atoms with Crippen LogP contribution in [0.25, 0.3) is 0 Å². The minimum absolute atomic E-state index is 0.220. The summed E-state index contributed by atoms with van der Waals surface area (Å²) in [5, 5.41) is 24.2. The van der Waals surface area contributed by atoms with E-state index in [1.807, 2.05) is 5.48 Å². The minimum Gasteiger partial charge on any atom is -0.394 e. The average molecular weight is 465 g/mol. The van der Waals surface area contributed by atoms with Crippen LogP contribution in [-0.4, -0.2) is 47.8 Å². The van der Waals surface area contributed by atoms with Gasteiger partial charge in [0.05, 0.1) is 42.0 Å². The van der Waals surface area contributed by atoms with Gasteiger partial charge >= 0.3 is 0 Å². The van der Waals surface area contributed by atoms with Crippen LogP contribution in [0.15, 0.2) is 29.4 Å². The number of nitrogens with one attached hydrogen (secondary N) is 2. The molecular formula is C22H22F3N3O5. The third-order valence-electron chi connectivity index (χ3n) is 3.92. The third-order valence-corrected chi connectivity index (χ3v) is 3.92. The SMILES string of the molecule is C#Cc1ccc(Nc2c(C(=O)NOCCO)cc(/C=N\OCC(C)(C)O)c(F)c2F)c(F)c1. The quantitative estimate of drug-likeness (QED) is 0.186. The Hall–Kier alpha value is -3.59. The molecule has 0 radical (unpaired) electrons. The number of hydrogen-bond donors (Lipinski definition) is 4. The molecule has 0 aliphatic rings. The van der Waals surface area contributed by atoms with E-state index in [0.717, 1.165) is 18.3 Å². The highest BCUT2D eigenvalue weighted by atomic mass is 19.2. The molecule has 176 valence electrons. The van der Waals surface area contributed by atoms with Crippen molar-refractivity contribution in [1.29, 1.82) is 0 Å². The summed E-state index contributed by atoms with van der Waals surface area (Å²) in [5.74, 6) is -2.55. The highest BCUT2D eigenvalue weighted by Crippen LogP contribution is 2.30. The smallest absolute Gasteiger partial charge is 0.277 e. The first-order valence-corrected chi connectivity index (χ1v) is 9.53. The molecule has 0 bridgehead atoms. The molecule has 0 saturated carbocycles. The summed E-state index contributed by atoms with van der Waals surface area (Å²) in [7, 11) is 0. The largest absolute Gasteiger partial charge is 0.394 e. The molecule has 1 amide bonds. The maximum Gasteiger partial charge on any atom is 0.277 e. The Morgan fingerprint density at radius 3 is 2.61 bits per heavy atom. The second kappa shape index (κ2) is 11.3. The van der Waals surface area contributed by atoms with Gasteiger partial charge in [0.1, 0.15) is 12.4 Å². The zero-order valence-corrected chi connectivity index (χ0v) is 17.8. The van der Waals surface area contributed by atoms with Gasteiger partial charge in [-0.15, -0.1) is 6.42 Å². The van der Waals surface area contributed by atoms with Crippen LogP contribution in [0.1, 0.15) is 35.3 Å². The van der Waals surface area contributed by atoms with Gasteiger partial charge < -0.3 is 20.4 Å². The van der Waals surface area contributed by atoms with E-state index in [1.54, 1.807) is 0 Å². The van der Waals surface area contributed by atoms with E-state index < -0.39 is 52.4 Å². The first kappa shape index (κ1) is 25.7. The second-order valence-corrected chi connectivity index (χ2v) is 7.30. The molecule has 8 nitrogen and oxygen atoms in total. The minimum atomic E-state index is -1.51. The molecular weight excluding hydrogens is 443 g/mol. The summed E-state index contributed by atoms with van der Waals surface area (Å²) in [5.41, 5.74) is -0.918. The number of anilines is 2. The lowest BCUT2D eigenvalue weighted by atomic mass is 10.1. The standard InChI is InChI=1S/C22H22F3N3O5/c1-4-13-5-6-17(16(23)9-13)27-20-15(21(30)28-32-8-7-29)10-14(18(24)19(20)25)11-26-33-12-22(2,3)31/h1,5-6,9-11,27,29,31H,7-8,12H2,2-3H3,(H,28,30)/b26-11-. The van der Waals surface area contributed by atoms with E-state index >= 15 is 0 Å². The molecule has 0 heterocycles. The summed E-state index contributed by atoms with van der Waals surface area (Å²) in [6.45, 7) is 2.00. The highest BCUT2D eigenvalue weighted by molar-refractivity contribution is 6.01. The van der Waals surface area contributed by atoms with E-state index in [4.69, 9.17) is 21.2 Å². The molecule has 0 spiro atoms. The number of carbonyl (C=O) groups excluding carboxylic acids is 1. The fraction of sp³-hybridized carbons (Fsp3) is 0.273. The second-order valence-electron chi connectivity index (χ2n) is 7.30. The van der Waals surface area contributed by atoms with E-state index in [-0.39, 0.29) is 24.5 Å². The molecule has 0 aliphatic carbocycles. The van der Waals surface area contributed by atoms with Gasteiger partial charge in [-0.3, -0.25) is 9.63 Å². The molecule has 0 fully saturated rings. The van der Waals surface area contributed by atoms with Crippen molar-refractivity contribution in [3.05, 3.63) is 58.4 Å². The Morgan fingerprint density at radius 2 is 2.00 bits per heavy atom. The summed E-state index contributed by atoms with van der Waals surface area (Å²) in [4.78, 5) is 22.1. The maximum absolute atomic E-state index is 14.9. The summed E-state index contributed by atoms with van der Waals surface area (Å²) >= 11 is 0. The number of carbonyl (C=O) groups is 1. The number of rotatable bonds is 10. The van der Waals surface area contributed by atoms with E-state index in [1.165, 1.54) is 26.0 Å². The zero-order chi connectivity index (χ0) is 24.6. The van der Waals surface area contributed by atoms with Crippen LogP contribution in [0.4, 0.5) is 24.5 Å². The lowest BCUT2D eigenvalue weighted by Gasteiger charge is -2.16. The molecule has 0 aromatic heterocycles. The monoisotopic (exact) mass is 465 g/mol. The van der Waals surface area contributed by atoms with E-state index in [9.17, 15) is 23.1 Å². The van der Waals surface area contributed by atoms with E-state index in [2.05, 4.69) is 16.4 Å². The van der Waals surface area contributed by atoms with Crippen molar-refractivity contribution < 1.29 is 37.9 Å². The van der Waals surface area contributed by atoms with Gasteiger partial charge in [0.25, 0.3) is 5.91 Å². The number of benzene rings is 2. The number of halogens is 3. The van der Waals surface area contributed by atoms with Gasteiger partial charge in [0.15, 0.2) is 11.6 Å². The van der Waals surface area contributed by atoms with Crippen LogP contribution >= 0.6 is 0 Å². The van der Waals surface area contributed by atoms with Crippen molar-refractivity contribution in [3.8, 4) is 12.3 Å². The van der Waals surface area contributed by atoms with Crippen molar-refractivity contribution in [3.63, 3.8) is 0 Å². The number of aliphatic hydroxyl groups is 2. The molecule has 2 aromatic carbocycles. The highest BCUT2D eigenvalue weighted by Gasteiger charge is 2.23. The first-order chi connectivity index (χ1) is 15.6. The first-order valence-electron chi connectivity index (χ1n) is 9.53. The Kier molecular flexibility index (Phi) is 8.81. The van der Waals surface area contributed by atoms with Gasteiger partial charge in [-0.2, -0.15) is 0 Å². The topological polar surface area (TPSA) is 112 Å². The predicted octanol–water partition coefficient (Wildman–Crippen LogP) is 2.60. The van der Waals surface area contributed by atoms with Crippen LogP contribution < -0.4 is 10.8 Å². The number of amides is 1. The lowest BCUT2D eigenvalue weighted by Crippen LogP contribution is -2.26. The van der Waals surface area contributed by atoms with Crippen LogP contribution in [0.5, 0.6) is 0 Å². The van der Waals surface area contributed by atoms with Gasteiger partial charge in [-0.25, -0.2) is 18.7 Å². The Morgan fingerprint density at radius 1 is 1.27 bits per heavy atom. The Balaban J connectivity index is 2.46. The van der Waals surface area contributed by atoms with Crippen molar-refractivity contribution in [2.75, 3.05) is 25.1 Å². The fourth-order valence-electron chi connectivity index (χ4n) is 2.39. The summed E-state index contributed by atoms with van der Waals surface area (Å²) in [6.07, 6.45) is 6.02. The predicted molar refractivity (Wildman–Crippen MR) is 114 cm³/mol. The van der Waals surface area contributed by atoms with Crippen molar-refractivity contribution >= 4 is 23.5 Å². The van der Waals surface area contributed by atoms with Crippen molar-refractivity contribution in [2.45, 2.75) is 19.4 Å². The van der Waals surface area contributed by atoms with Crippen molar-refractivity contribution in [2.24, 2.45) is 5.16 Å². The van der Waals surface area contributed by atoms with E-state index in [0.29, 0.717) is 0 Å². The number of oxime groups is 1. The van der Waals surface area contributed by atoms with Crippen molar-refractivity contribution in [1.82, 2.24) is 5.48 Å². The molecule has 11 heteroatoms. The molecule has 33 heavy (non-hydrogen) atoms. The van der Waals surface area contributed by atoms with Gasteiger partial charge in [0, 0.05) is 11.1 Å². The average Bonchev–Trinajstić information content (AvgIpc) is 2.76. The maximum atomic E-state index is 14.9. The van der Waals surface area contributed by atoms with Gasteiger partial charge in [-0.1, -0.05) is 11.1 Å². The van der Waals surface area contributed by atoms with Crippen LogP contribution in [0.3, 0.4) is 0 Å². The van der Waals surface area contributed by atoms with Crippen LogP contribution in [-0.2, 0) is 9.68 Å². The lowest BCUT2D eigenvalue weighted by molar-refractivity contribution is -0.0185. The normalized spacial score (nSPS) is 11.3. The number of aliphatic hydroxyl groups excluding tert-OH is 1. The zero-order valence-electron chi connectivity index (χ0n) is 17.8. The van der Waals surface area contributed by atoms with Crippen LogP contribution in [0.2, 0.25) is 0 Å². The van der Waals surface area contributed by atoms with Gasteiger partial charge in [-0.05, 0) is 38.1 Å². The molecule has 2 rings (SSSR count). The molecule has 2 aromatic rings. The number of nitrogens with zero attached hydrogens (tertiary/aromatic N) is 1. The number of hydrogen-bond acceptors (Lipinski definition) is 7. The molecule has 0 aliphatic heterocycles. The molecule has 0 saturated heterocycles. The summed E-state index contributed by atoms with van der Waals surface area (Å²) in [6, 6.07) is 4.50. The fourth-order valence-corrected chi connectivity index (χ4v) is 2.39. The summed E-state index contributed by atoms with van der Waals surface area (Å²) < 4.78 is 43.9. The molecule has 4 N–H and O–H groups in total. The Bertz CT molecular complexity index is 1080. The van der Waals surface area contributed by atoms with Gasteiger partial charge in [0.2, 0.25) is 0 Å². The Labute approximate surface area is 188 Å². The number of terminal acetylenes is 1. The third kappa shape index (κ3) is 7.21. The molecule has 0 atom stereocenters. The molecule has 0 unspecified atom stereocenters.